The van der Waals surface area contributed by atoms with Gasteiger partial charge in [-0.2, -0.15) is 12.6 Å². The van der Waals surface area contributed by atoms with Crippen molar-refractivity contribution in [2.75, 3.05) is 12.9 Å². The molecule has 0 radical (unpaired) electrons. The molecule has 176 valence electrons. The largest absolute Gasteiger partial charge is 0.481 e. The second-order valence-corrected chi connectivity index (χ2v) is 10.5. The summed E-state index contributed by atoms with van der Waals surface area (Å²) in [5, 5.41) is 19.1. The smallest absolute Gasteiger partial charge is 0.311 e. The number of unbranched alkanes of at least 4 members (excludes halogenated alkanes) is 1. The average molecular weight is 488 g/mol. The highest BCUT2D eigenvalue weighted by molar-refractivity contribution is 7.90. The van der Waals surface area contributed by atoms with Crippen molar-refractivity contribution >= 4 is 28.4 Å². The topological polar surface area (TPSA) is 96.6 Å². The van der Waals surface area contributed by atoms with E-state index in [1.165, 1.54) is 6.26 Å². The van der Waals surface area contributed by atoms with Gasteiger partial charge in [-0.25, -0.2) is 8.42 Å². The van der Waals surface area contributed by atoms with Gasteiger partial charge in [-0.15, -0.1) is 0 Å². The zero-order valence-electron chi connectivity index (χ0n) is 18.7. The number of rotatable bonds is 10. The number of aliphatic hydroxyl groups excluding tert-OH is 1. The molecule has 0 fully saturated rings. The van der Waals surface area contributed by atoms with Crippen LogP contribution < -0.4 is 0 Å². The van der Waals surface area contributed by atoms with Crippen LogP contribution in [0, 0.1) is 6.92 Å². The minimum Gasteiger partial charge on any atom is -0.481 e. The Hall–Kier alpha value is -2.55. The zero-order chi connectivity index (χ0) is 24.2. The van der Waals surface area contributed by atoms with Crippen LogP contribution in [0.2, 0.25) is 0 Å². The molecule has 0 aliphatic heterocycles. The van der Waals surface area contributed by atoms with E-state index < -0.39 is 21.7 Å². The zero-order valence-corrected chi connectivity index (χ0v) is 20.4. The van der Waals surface area contributed by atoms with Crippen LogP contribution in [0.3, 0.4) is 0 Å². The van der Waals surface area contributed by atoms with Crippen LogP contribution in [-0.4, -0.2) is 42.0 Å². The number of sulfone groups is 1. The lowest BCUT2D eigenvalue weighted by Gasteiger charge is -2.15. The Morgan fingerprint density at radius 1 is 1.06 bits per heavy atom. The molecule has 1 unspecified atom stereocenters. The molecule has 0 amide bonds. The Bertz CT molecular complexity index is 1210. The molecule has 1 aromatic heterocycles. The summed E-state index contributed by atoms with van der Waals surface area (Å²) in [4.78, 5) is 12.4. The molecular weight excluding hydrogens is 458 g/mol. The Morgan fingerprint density at radius 2 is 1.70 bits per heavy atom. The molecular formula is C25H29NO5S2. The highest BCUT2D eigenvalue weighted by Gasteiger charge is 2.26. The molecule has 1 heterocycles. The molecule has 2 aromatic carbocycles. The minimum atomic E-state index is -3.32. The second-order valence-electron chi connectivity index (χ2n) is 8.14. The predicted octanol–water partition coefficient (Wildman–Crippen LogP) is 4.62. The molecule has 0 aliphatic carbocycles. The average Bonchev–Trinajstić information content (AvgIpc) is 3.12. The van der Waals surface area contributed by atoms with Crippen molar-refractivity contribution in [2.45, 2.75) is 42.8 Å². The molecule has 0 saturated carbocycles. The van der Waals surface area contributed by atoms with Gasteiger partial charge >= 0.3 is 5.97 Å². The van der Waals surface area contributed by atoms with E-state index in [-0.39, 0.29) is 11.5 Å². The molecule has 6 nitrogen and oxygen atoms in total. The maximum atomic E-state index is 12.1. The fraction of sp³-hybridized carbons (Fsp3) is 0.320. The predicted molar refractivity (Wildman–Crippen MR) is 133 cm³/mol. The van der Waals surface area contributed by atoms with Crippen LogP contribution >= 0.6 is 12.6 Å². The summed E-state index contributed by atoms with van der Waals surface area (Å²) in [6.45, 7) is 1.93. The monoisotopic (exact) mass is 487 g/mol. The van der Waals surface area contributed by atoms with Gasteiger partial charge in [0.05, 0.1) is 16.5 Å². The summed E-state index contributed by atoms with van der Waals surface area (Å²) < 4.78 is 25.8. The molecule has 0 saturated heterocycles. The summed E-state index contributed by atoms with van der Waals surface area (Å²) in [6, 6.07) is 16.4. The summed E-state index contributed by atoms with van der Waals surface area (Å²) in [7, 11) is -3.32. The van der Waals surface area contributed by atoms with E-state index in [4.69, 9.17) is 5.11 Å². The van der Waals surface area contributed by atoms with Gasteiger partial charge < -0.3 is 14.8 Å². The first kappa shape index (κ1) is 25.1. The van der Waals surface area contributed by atoms with Crippen molar-refractivity contribution < 1.29 is 23.4 Å². The normalized spacial score (nSPS) is 12.6. The van der Waals surface area contributed by atoms with Crippen molar-refractivity contribution in [2.24, 2.45) is 0 Å². The van der Waals surface area contributed by atoms with Crippen molar-refractivity contribution in [3.63, 3.8) is 0 Å². The molecule has 3 rings (SSSR count). The van der Waals surface area contributed by atoms with E-state index >= 15 is 0 Å². The van der Waals surface area contributed by atoms with Gasteiger partial charge in [0.2, 0.25) is 0 Å². The van der Waals surface area contributed by atoms with Crippen LogP contribution in [0.4, 0.5) is 0 Å². The van der Waals surface area contributed by atoms with Crippen molar-refractivity contribution in [3.8, 4) is 16.9 Å². The van der Waals surface area contributed by atoms with Gasteiger partial charge in [0.15, 0.2) is 9.84 Å². The fourth-order valence-electron chi connectivity index (χ4n) is 4.02. The Morgan fingerprint density at radius 3 is 2.21 bits per heavy atom. The number of aliphatic carboxylic acids is 1. The Balaban J connectivity index is 2.17. The lowest BCUT2D eigenvalue weighted by atomic mass is 9.93. The number of carboxylic acids is 1. The molecule has 0 spiro atoms. The summed E-state index contributed by atoms with van der Waals surface area (Å²) in [6.07, 6.45) is 2.74. The lowest BCUT2D eigenvalue weighted by molar-refractivity contribution is -0.139. The molecule has 1 atom stereocenters. The number of aromatic nitrogens is 1. The van der Waals surface area contributed by atoms with Crippen LogP contribution in [0.15, 0.2) is 59.5 Å². The van der Waals surface area contributed by atoms with Crippen LogP contribution in [-0.2, 0) is 20.4 Å². The molecule has 3 aromatic rings. The Labute approximate surface area is 200 Å². The third kappa shape index (κ3) is 5.69. The van der Waals surface area contributed by atoms with E-state index in [0.717, 1.165) is 28.2 Å². The molecule has 0 aliphatic rings. The van der Waals surface area contributed by atoms with Crippen molar-refractivity contribution in [1.82, 2.24) is 4.57 Å². The number of carboxylic acid groups (broad SMARTS) is 1. The van der Waals surface area contributed by atoms with Gasteiger partial charge in [-0.05, 0) is 73.2 Å². The fourth-order valence-corrected chi connectivity index (χ4v) is 4.86. The first-order valence-electron chi connectivity index (χ1n) is 10.7. The lowest BCUT2D eigenvalue weighted by Crippen LogP contribution is -2.13. The number of hydrogen-bond donors (Lipinski definition) is 3. The molecule has 2 N–H and O–H groups in total. The maximum absolute atomic E-state index is 12.1. The van der Waals surface area contributed by atoms with Crippen molar-refractivity contribution in [3.05, 3.63) is 71.4 Å². The van der Waals surface area contributed by atoms with E-state index in [1.807, 2.05) is 41.8 Å². The number of thiol groups is 1. The maximum Gasteiger partial charge on any atom is 0.311 e. The first-order valence-corrected chi connectivity index (χ1v) is 13.3. The molecule has 33 heavy (non-hydrogen) atoms. The summed E-state index contributed by atoms with van der Waals surface area (Å²) in [5.74, 6) is -0.997. The number of nitrogens with zero attached hydrogens (tertiary/aromatic N) is 1. The Kier molecular flexibility index (Phi) is 8.05. The van der Waals surface area contributed by atoms with E-state index in [2.05, 4.69) is 12.6 Å². The number of hydrogen-bond acceptors (Lipinski definition) is 5. The first-order chi connectivity index (χ1) is 15.7. The summed E-state index contributed by atoms with van der Waals surface area (Å²) >= 11 is 4.32. The van der Waals surface area contributed by atoms with Gasteiger partial charge in [0, 0.05) is 30.0 Å². The van der Waals surface area contributed by atoms with Crippen LogP contribution in [0.5, 0.6) is 0 Å². The van der Waals surface area contributed by atoms with Crippen molar-refractivity contribution in [1.29, 1.82) is 0 Å². The van der Waals surface area contributed by atoms with Crippen LogP contribution in [0.25, 0.3) is 16.9 Å². The third-order valence-corrected chi connectivity index (χ3v) is 7.31. The second kappa shape index (κ2) is 10.6. The number of benzene rings is 2. The highest BCUT2D eigenvalue weighted by Crippen LogP contribution is 2.35. The third-order valence-electron chi connectivity index (χ3n) is 5.82. The minimum absolute atomic E-state index is 0.0295. The molecule has 0 bridgehead atoms. The van der Waals surface area contributed by atoms with Crippen LogP contribution in [0.1, 0.15) is 42.0 Å². The van der Waals surface area contributed by atoms with E-state index in [1.54, 1.807) is 24.3 Å². The number of aliphatic hydroxyl groups is 1. The highest BCUT2D eigenvalue weighted by atomic mass is 32.2. The van der Waals surface area contributed by atoms with Gasteiger partial charge in [0.25, 0.3) is 0 Å². The van der Waals surface area contributed by atoms with E-state index in [0.29, 0.717) is 30.6 Å². The van der Waals surface area contributed by atoms with Gasteiger partial charge in [-0.1, -0.05) is 24.3 Å². The van der Waals surface area contributed by atoms with Gasteiger partial charge in [0.1, 0.15) is 0 Å². The standard InChI is InChI=1S/C25H29NO5S2/c1-17-23(22(25(28)29)5-3-4-14-27)15-24(19-8-12-21(13-9-19)33(2,30)31)26(17)20-10-6-18(16-32)7-11-20/h6-13,15,22,27,32H,3-5,14,16H2,1-2H3,(H,28,29). The summed E-state index contributed by atoms with van der Waals surface area (Å²) in [5.41, 5.74) is 5.04. The number of carbonyl (C=O) groups is 1. The van der Waals surface area contributed by atoms with Gasteiger partial charge in [-0.3, -0.25) is 4.79 Å². The quantitative estimate of drug-likeness (QED) is 0.287. The van der Waals surface area contributed by atoms with E-state index in [9.17, 15) is 18.3 Å². The molecule has 8 heteroatoms. The SMILES string of the molecule is Cc1c(C(CCCCO)C(=O)O)cc(-c2ccc(S(C)(=O)=O)cc2)n1-c1ccc(CS)cc1.